The third-order valence-corrected chi connectivity index (χ3v) is 2.48. The summed E-state index contributed by atoms with van der Waals surface area (Å²) in [6.07, 6.45) is 0.998. The van der Waals surface area contributed by atoms with Crippen molar-refractivity contribution in [3.8, 4) is 0 Å². The Morgan fingerprint density at radius 1 is 1.15 bits per heavy atom. The minimum Gasteiger partial charge on any atom is -0.336 e. The van der Waals surface area contributed by atoms with Crippen LogP contribution in [0.4, 0.5) is 16.2 Å². The molecule has 0 atom stereocenters. The lowest BCUT2D eigenvalue weighted by atomic mass is 10.2. The van der Waals surface area contributed by atoms with Gasteiger partial charge in [-0.3, -0.25) is 4.79 Å². The zero-order valence-electron chi connectivity index (χ0n) is 11.9. The number of nitrogens with two attached hydrogens (primary N) is 1. The van der Waals surface area contributed by atoms with Crippen molar-refractivity contribution >= 4 is 23.3 Å². The first-order valence-electron chi connectivity index (χ1n) is 6.69. The SMILES string of the molecule is CC(C)NC(=O)Nc1ccccc1NC(=O)CCCN. The van der Waals surface area contributed by atoms with Gasteiger partial charge in [-0.05, 0) is 38.9 Å². The molecule has 0 spiro atoms. The van der Waals surface area contributed by atoms with Crippen LogP contribution in [0.5, 0.6) is 0 Å². The fraction of sp³-hybridized carbons (Fsp3) is 0.429. The van der Waals surface area contributed by atoms with E-state index in [0.29, 0.717) is 30.8 Å². The van der Waals surface area contributed by atoms with Gasteiger partial charge >= 0.3 is 6.03 Å². The number of hydrogen-bond acceptors (Lipinski definition) is 3. The monoisotopic (exact) mass is 278 g/mol. The minimum atomic E-state index is -0.302. The van der Waals surface area contributed by atoms with Gasteiger partial charge in [0.25, 0.3) is 0 Å². The smallest absolute Gasteiger partial charge is 0.319 e. The molecule has 0 aliphatic heterocycles. The Balaban J connectivity index is 2.68. The number of rotatable bonds is 6. The van der Waals surface area contributed by atoms with Crippen LogP contribution >= 0.6 is 0 Å². The molecular formula is C14H22N4O2. The molecular weight excluding hydrogens is 256 g/mol. The van der Waals surface area contributed by atoms with Crippen LogP contribution in [0, 0.1) is 0 Å². The Bertz CT molecular complexity index is 460. The van der Waals surface area contributed by atoms with Crippen LogP contribution in [0.1, 0.15) is 26.7 Å². The van der Waals surface area contributed by atoms with E-state index >= 15 is 0 Å². The predicted octanol–water partition coefficient (Wildman–Crippen LogP) is 1.89. The average molecular weight is 278 g/mol. The molecule has 110 valence electrons. The summed E-state index contributed by atoms with van der Waals surface area (Å²) in [5, 5.41) is 8.21. The Kier molecular flexibility index (Phi) is 6.52. The quantitative estimate of drug-likeness (QED) is 0.640. The molecule has 6 heteroatoms. The highest BCUT2D eigenvalue weighted by Crippen LogP contribution is 2.21. The van der Waals surface area contributed by atoms with Crippen molar-refractivity contribution in [2.75, 3.05) is 17.2 Å². The summed E-state index contributed by atoms with van der Waals surface area (Å²) in [7, 11) is 0. The summed E-state index contributed by atoms with van der Waals surface area (Å²) in [5.41, 5.74) is 6.51. The van der Waals surface area contributed by atoms with E-state index in [1.807, 2.05) is 13.8 Å². The second-order valence-corrected chi connectivity index (χ2v) is 4.74. The maximum absolute atomic E-state index is 11.7. The highest BCUT2D eigenvalue weighted by atomic mass is 16.2. The number of amides is 3. The van der Waals surface area contributed by atoms with Gasteiger partial charge in [0.15, 0.2) is 0 Å². The normalized spacial score (nSPS) is 10.2. The van der Waals surface area contributed by atoms with Crippen LogP contribution in [0.3, 0.4) is 0 Å². The van der Waals surface area contributed by atoms with Crippen molar-refractivity contribution in [1.29, 1.82) is 0 Å². The zero-order chi connectivity index (χ0) is 15.0. The molecule has 1 aromatic carbocycles. The number of anilines is 2. The van der Waals surface area contributed by atoms with Gasteiger partial charge in [0, 0.05) is 12.5 Å². The van der Waals surface area contributed by atoms with E-state index in [9.17, 15) is 9.59 Å². The van der Waals surface area contributed by atoms with E-state index in [2.05, 4.69) is 16.0 Å². The van der Waals surface area contributed by atoms with E-state index in [0.717, 1.165) is 0 Å². The predicted molar refractivity (Wildman–Crippen MR) is 80.7 cm³/mol. The summed E-state index contributed by atoms with van der Waals surface area (Å²) < 4.78 is 0. The summed E-state index contributed by atoms with van der Waals surface area (Å²) in [6.45, 7) is 4.23. The molecule has 0 heterocycles. The lowest BCUT2D eigenvalue weighted by Gasteiger charge is -2.14. The Morgan fingerprint density at radius 2 is 1.75 bits per heavy atom. The number of hydrogen-bond donors (Lipinski definition) is 4. The van der Waals surface area contributed by atoms with Crippen molar-refractivity contribution in [2.45, 2.75) is 32.7 Å². The zero-order valence-corrected chi connectivity index (χ0v) is 11.9. The van der Waals surface area contributed by atoms with Crippen LogP contribution in [-0.2, 0) is 4.79 Å². The summed E-state index contributed by atoms with van der Waals surface area (Å²) in [5.74, 6) is -0.117. The van der Waals surface area contributed by atoms with Crippen molar-refractivity contribution < 1.29 is 9.59 Å². The van der Waals surface area contributed by atoms with E-state index in [-0.39, 0.29) is 18.0 Å². The number of carbonyl (C=O) groups is 2. The number of para-hydroxylation sites is 2. The fourth-order valence-corrected chi connectivity index (χ4v) is 1.60. The maximum Gasteiger partial charge on any atom is 0.319 e. The molecule has 0 aromatic heterocycles. The molecule has 0 bridgehead atoms. The van der Waals surface area contributed by atoms with Crippen molar-refractivity contribution in [2.24, 2.45) is 5.73 Å². The number of nitrogens with one attached hydrogen (secondary N) is 3. The van der Waals surface area contributed by atoms with Crippen LogP contribution < -0.4 is 21.7 Å². The van der Waals surface area contributed by atoms with Crippen LogP contribution in [0.25, 0.3) is 0 Å². The number of carbonyl (C=O) groups excluding carboxylic acids is 2. The number of urea groups is 1. The Morgan fingerprint density at radius 3 is 2.30 bits per heavy atom. The summed E-state index contributed by atoms with van der Waals surface area (Å²) in [4.78, 5) is 23.4. The highest BCUT2D eigenvalue weighted by Gasteiger charge is 2.09. The first-order valence-corrected chi connectivity index (χ1v) is 6.69. The first kappa shape index (κ1) is 16.0. The fourth-order valence-electron chi connectivity index (χ4n) is 1.60. The molecule has 0 fully saturated rings. The second-order valence-electron chi connectivity index (χ2n) is 4.74. The van der Waals surface area contributed by atoms with Gasteiger partial charge in [-0.15, -0.1) is 0 Å². The average Bonchev–Trinajstić information content (AvgIpc) is 2.37. The Hall–Kier alpha value is -2.08. The van der Waals surface area contributed by atoms with E-state index in [1.54, 1.807) is 24.3 Å². The molecule has 6 nitrogen and oxygen atoms in total. The van der Waals surface area contributed by atoms with Gasteiger partial charge in [0.05, 0.1) is 11.4 Å². The number of benzene rings is 1. The van der Waals surface area contributed by atoms with Crippen LogP contribution in [0.2, 0.25) is 0 Å². The molecule has 5 N–H and O–H groups in total. The van der Waals surface area contributed by atoms with Crippen molar-refractivity contribution in [3.05, 3.63) is 24.3 Å². The topological polar surface area (TPSA) is 96.2 Å². The standard InChI is InChI=1S/C14H22N4O2/c1-10(2)16-14(20)18-12-7-4-3-6-11(12)17-13(19)8-5-9-15/h3-4,6-7,10H,5,8-9,15H2,1-2H3,(H,17,19)(H2,16,18,20). The lowest BCUT2D eigenvalue weighted by molar-refractivity contribution is -0.116. The molecule has 0 saturated carbocycles. The van der Waals surface area contributed by atoms with Gasteiger partial charge in [-0.25, -0.2) is 4.79 Å². The van der Waals surface area contributed by atoms with E-state index in [1.165, 1.54) is 0 Å². The molecule has 20 heavy (non-hydrogen) atoms. The highest BCUT2D eigenvalue weighted by molar-refractivity contribution is 5.99. The minimum absolute atomic E-state index is 0.0429. The second kappa shape index (κ2) is 8.16. The largest absolute Gasteiger partial charge is 0.336 e. The third kappa shape index (κ3) is 5.71. The summed E-state index contributed by atoms with van der Waals surface area (Å²) in [6, 6.07) is 6.80. The maximum atomic E-state index is 11.7. The molecule has 1 rings (SSSR count). The van der Waals surface area contributed by atoms with E-state index < -0.39 is 0 Å². The third-order valence-electron chi connectivity index (χ3n) is 2.48. The molecule has 1 aromatic rings. The molecule has 0 aliphatic rings. The molecule has 0 unspecified atom stereocenters. The summed E-state index contributed by atoms with van der Waals surface area (Å²) >= 11 is 0. The van der Waals surface area contributed by atoms with Crippen LogP contribution in [0.15, 0.2) is 24.3 Å². The van der Waals surface area contributed by atoms with Gasteiger partial charge < -0.3 is 21.7 Å². The lowest BCUT2D eigenvalue weighted by Crippen LogP contribution is -2.34. The van der Waals surface area contributed by atoms with Gasteiger partial charge in [-0.2, -0.15) is 0 Å². The van der Waals surface area contributed by atoms with E-state index in [4.69, 9.17) is 5.73 Å². The molecule has 0 aliphatic carbocycles. The molecule has 0 radical (unpaired) electrons. The van der Waals surface area contributed by atoms with Gasteiger partial charge in [0.1, 0.15) is 0 Å². The molecule has 0 saturated heterocycles. The first-order chi connectivity index (χ1) is 9.52. The molecule has 3 amide bonds. The van der Waals surface area contributed by atoms with Crippen molar-refractivity contribution in [1.82, 2.24) is 5.32 Å². The Labute approximate surface area is 119 Å². The van der Waals surface area contributed by atoms with Gasteiger partial charge in [0.2, 0.25) is 5.91 Å². The van der Waals surface area contributed by atoms with Crippen molar-refractivity contribution in [3.63, 3.8) is 0 Å². The van der Waals surface area contributed by atoms with Gasteiger partial charge in [-0.1, -0.05) is 12.1 Å². The van der Waals surface area contributed by atoms with Crippen LogP contribution in [-0.4, -0.2) is 24.5 Å².